The van der Waals surface area contributed by atoms with Gasteiger partial charge in [-0.05, 0) is 18.6 Å². The number of hydrogen-bond donors (Lipinski definition) is 1. The van der Waals surface area contributed by atoms with Crippen LogP contribution in [-0.4, -0.2) is 34.4 Å². The molecule has 0 saturated heterocycles. The van der Waals surface area contributed by atoms with Crippen molar-refractivity contribution in [2.45, 2.75) is 24.3 Å². The molecule has 0 saturated carbocycles. The summed E-state index contributed by atoms with van der Waals surface area (Å²) in [5.74, 6) is 0.731. The Labute approximate surface area is 108 Å². The Morgan fingerprint density at radius 3 is 2.44 bits per heavy atom. The van der Waals surface area contributed by atoms with E-state index in [2.05, 4.69) is 0 Å². The SMILES string of the molecule is CCC(N)CS(=O)(=O)c1ccc(OC)cc1OC. The van der Waals surface area contributed by atoms with Crippen LogP contribution in [0.25, 0.3) is 0 Å². The molecule has 0 amide bonds. The third-order valence-corrected chi connectivity index (χ3v) is 4.54. The molecular weight excluding hydrogens is 254 g/mol. The Kier molecular flexibility index (Phi) is 4.98. The van der Waals surface area contributed by atoms with Crippen LogP contribution >= 0.6 is 0 Å². The summed E-state index contributed by atoms with van der Waals surface area (Å²) < 4.78 is 34.5. The molecule has 0 aliphatic rings. The number of benzene rings is 1. The van der Waals surface area contributed by atoms with Gasteiger partial charge >= 0.3 is 0 Å². The fourth-order valence-corrected chi connectivity index (χ4v) is 3.22. The molecule has 0 aliphatic carbocycles. The van der Waals surface area contributed by atoms with E-state index in [9.17, 15) is 8.42 Å². The summed E-state index contributed by atoms with van der Waals surface area (Å²) in [5, 5.41) is 0. The smallest absolute Gasteiger partial charge is 0.183 e. The number of hydrogen-bond acceptors (Lipinski definition) is 5. The van der Waals surface area contributed by atoms with E-state index >= 15 is 0 Å². The molecular formula is C12H19NO4S. The second-order valence-corrected chi connectivity index (χ2v) is 5.97. The molecule has 0 bridgehead atoms. The molecule has 0 aliphatic heterocycles. The molecule has 6 heteroatoms. The minimum atomic E-state index is -3.44. The van der Waals surface area contributed by atoms with Crippen molar-refractivity contribution in [3.63, 3.8) is 0 Å². The van der Waals surface area contributed by atoms with E-state index in [-0.39, 0.29) is 22.4 Å². The fourth-order valence-electron chi connectivity index (χ4n) is 1.52. The van der Waals surface area contributed by atoms with Crippen LogP contribution in [-0.2, 0) is 9.84 Å². The lowest BCUT2D eigenvalue weighted by atomic mass is 10.3. The molecule has 0 radical (unpaired) electrons. The average Bonchev–Trinajstić information content (AvgIpc) is 2.37. The summed E-state index contributed by atoms with van der Waals surface area (Å²) in [6.45, 7) is 1.85. The van der Waals surface area contributed by atoms with Crippen LogP contribution < -0.4 is 15.2 Å². The van der Waals surface area contributed by atoms with E-state index in [0.29, 0.717) is 12.2 Å². The lowest BCUT2D eigenvalue weighted by Crippen LogP contribution is -2.29. The molecule has 0 aromatic heterocycles. The van der Waals surface area contributed by atoms with E-state index in [1.165, 1.54) is 20.3 Å². The van der Waals surface area contributed by atoms with E-state index in [4.69, 9.17) is 15.2 Å². The number of sulfone groups is 1. The van der Waals surface area contributed by atoms with Crippen molar-refractivity contribution < 1.29 is 17.9 Å². The molecule has 102 valence electrons. The van der Waals surface area contributed by atoms with Gasteiger partial charge in [-0.25, -0.2) is 8.42 Å². The van der Waals surface area contributed by atoms with E-state index in [0.717, 1.165) is 0 Å². The van der Waals surface area contributed by atoms with Crippen LogP contribution in [0.1, 0.15) is 13.3 Å². The minimum absolute atomic E-state index is 0.0911. The van der Waals surface area contributed by atoms with E-state index in [1.807, 2.05) is 6.92 Å². The zero-order valence-electron chi connectivity index (χ0n) is 10.8. The van der Waals surface area contributed by atoms with Gasteiger partial charge in [0.15, 0.2) is 9.84 Å². The van der Waals surface area contributed by atoms with Gasteiger partial charge in [0.2, 0.25) is 0 Å². The Morgan fingerprint density at radius 2 is 1.94 bits per heavy atom. The van der Waals surface area contributed by atoms with Gasteiger partial charge in [-0.15, -0.1) is 0 Å². The van der Waals surface area contributed by atoms with Gasteiger partial charge in [0.25, 0.3) is 0 Å². The topological polar surface area (TPSA) is 78.6 Å². The lowest BCUT2D eigenvalue weighted by molar-refractivity contribution is 0.386. The van der Waals surface area contributed by atoms with Gasteiger partial charge in [-0.3, -0.25) is 0 Å². The molecule has 1 atom stereocenters. The number of rotatable bonds is 6. The maximum atomic E-state index is 12.2. The van der Waals surface area contributed by atoms with Crippen molar-refractivity contribution in [1.29, 1.82) is 0 Å². The Morgan fingerprint density at radius 1 is 1.28 bits per heavy atom. The van der Waals surface area contributed by atoms with Crippen molar-refractivity contribution >= 4 is 9.84 Å². The highest BCUT2D eigenvalue weighted by molar-refractivity contribution is 7.91. The Bertz CT molecular complexity index is 499. The highest BCUT2D eigenvalue weighted by atomic mass is 32.2. The Hall–Kier alpha value is -1.27. The normalized spacial score (nSPS) is 13.1. The quantitative estimate of drug-likeness (QED) is 0.843. The summed E-state index contributed by atoms with van der Waals surface area (Å²) >= 11 is 0. The van der Waals surface area contributed by atoms with Gasteiger partial charge in [0.1, 0.15) is 16.4 Å². The monoisotopic (exact) mass is 273 g/mol. The van der Waals surface area contributed by atoms with Gasteiger partial charge in [-0.2, -0.15) is 0 Å². The van der Waals surface area contributed by atoms with Crippen LogP contribution in [0.2, 0.25) is 0 Å². The molecule has 18 heavy (non-hydrogen) atoms. The first-order valence-electron chi connectivity index (χ1n) is 5.65. The molecule has 2 N–H and O–H groups in total. The lowest BCUT2D eigenvalue weighted by Gasteiger charge is -2.13. The summed E-state index contributed by atoms with van der Waals surface area (Å²) in [5.41, 5.74) is 5.70. The molecule has 1 rings (SSSR count). The third kappa shape index (κ3) is 3.36. The van der Waals surface area contributed by atoms with Crippen molar-refractivity contribution in [3.05, 3.63) is 18.2 Å². The van der Waals surface area contributed by atoms with Crippen molar-refractivity contribution in [3.8, 4) is 11.5 Å². The largest absolute Gasteiger partial charge is 0.497 e. The maximum Gasteiger partial charge on any atom is 0.183 e. The molecule has 1 aromatic carbocycles. The predicted molar refractivity (Wildman–Crippen MR) is 69.9 cm³/mol. The standard InChI is InChI=1S/C12H19NO4S/c1-4-9(13)8-18(14,15)12-6-5-10(16-2)7-11(12)17-3/h5-7,9H,4,8,13H2,1-3H3. The van der Waals surface area contributed by atoms with Gasteiger partial charge in [0.05, 0.1) is 20.0 Å². The summed E-state index contributed by atoms with van der Waals surface area (Å²) in [7, 11) is -0.511. The minimum Gasteiger partial charge on any atom is -0.497 e. The molecule has 1 unspecified atom stereocenters. The fraction of sp³-hybridized carbons (Fsp3) is 0.500. The van der Waals surface area contributed by atoms with Gasteiger partial charge in [0, 0.05) is 12.1 Å². The van der Waals surface area contributed by atoms with Crippen molar-refractivity contribution in [2.24, 2.45) is 5.73 Å². The third-order valence-electron chi connectivity index (χ3n) is 2.66. The Balaban J connectivity index is 3.15. The molecule has 1 aromatic rings. The average molecular weight is 273 g/mol. The molecule has 0 fully saturated rings. The highest BCUT2D eigenvalue weighted by Crippen LogP contribution is 2.29. The van der Waals surface area contributed by atoms with Gasteiger partial charge in [-0.1, -0.05) is 6.92 Å². The number of ether oxygens (including phenoxy) is 2. The summed E-state index contributed by atoms with van der Waals surface area (Å²) in [4.78, 5) is 0.148. The number of methoxy groups -OCH3 is 2. The van der Waals surface area contributed by atoms with E-state index < -0.39 is 9.84 Å². The zero-order chi connectivity index (χ0) is 13.8. The van der Waals surface area contributed by atoms with Crippen LogP contribution in [0.4, 0.5) is 0 Å². The predicted octanol–water partition coefficient (Wildman–Crippen LogP) is 1.21. The molecule has 0 heterocycles. The van der Waals surface area contributed by atoms with Crippen LogP contribution in [0, 0.1) is 0 Å². The first kappa shape index (κ1) is 14.8. The van der Waals surface area contributed by atoms with Crippen LogP contribution in [0.5, 0.6) is 11.5 Å². The summed E-state index contributed by atoms with van der Waals surface area (Å²) in [6.07, 6.45) is 0.609. The second kappa shape index (κ2) is 6.06. The molecule has 0 spiro atoms. The second-order valence-electron chi connectivity index (χ2n) is 3.97. The first-order chi connectivity index (χ1) is 8.44. The van der Waals surface area contributed by atoms with Crippen LogP contribution in [0.15, 0.2) is 23.1 Å². The molecule has 5 nitrogen and oxygen atoms in total. The summed E-state index contributed by atoms with van der Waals surface area (Å²) in [6, 6.07) is 4.24. The van der Waals surface area contributed by atoms with Crippen LogP contribution in [0.3, 0.4) is 0 Å². The first-order valence-corrected chi connectivity index (χ1v) is 7.30. The van der Waals surface area contributed by atoms with E-state index in [1.54, 1.807) is 12.1 Å². The van der Waals surface area contributed by atoms with Gasteiger partial charge < -0.3 is 15.2 Å². The maximum absolute atomic E-state index is 12.2. The number of nitrogens with two attached hydrogens (primary N) is 1. The highest BCUT2D eigenvalue weighted by Gasteiger charge is 2.22. The van der Waals surface area contributed by atoms with Crippen molar-refractivity contribution in [1.82, 2.24) is 0 Å². The van der Waals surface area contributed by atoms with Crippen molar-refractivity contribution in [2.75, 3.05) is 20.0 Å². The zero-order valence-corrected chi connectivity index (χ0v) is 11.7.